The number of amides is 2. The molecule has 0 saturated carbocycles. The molecule has 0 unspecified atom stereocenters. The molecule has 0 aromatic heterocycles. The van der Waals surface area contributed by atoms with Crippen molar-refractivity contribution >= 4 is 51.4 Å². The van der Waals surface area contributed by atoms with Crippen LogP contribution < -0.4 is 30.3 Å². The average Bonchev–Trinajstić information content (AvgIpc) is 3.03. The van der Waals surface area contributed by atoms with E-state index in [-0.39, 0.29) is 29.5 Å². The van der Waals surface area contributed by atoms with Crippen LogP contribution in [0.1, 0.15) is 36.6 Å². The lowest BCUT2D eigenvalue weighted by atomic mass is 9.95. The molecule has 4 rings (SSSR count). The van der Waals surface area contributed by atoms with Gasteiger partial charge in [0.1, 0.15) is 13.2 Å². The maximum Gasteiger partial charge on any atom is 0.337 e. The third kappa shape index (κ3) is 9.12. The fraction of sp³-hybridized carbons (Fsp3) is 0.258. The number of rotatable bonds is 14. The molecule has 1 heterocycles. The van der Waals surface area contributed by atoms with Crippen molar-refractivity contribution in [1.82, 2.24) is 16.1 Å². The van der Waals surface area contributed by atoms with Crippen molar-refractivity contribution in [3.8, 4) is 17.2 Å². The molecule has 0 saturated heterocycles. The van der Waals surface area contributed by atoms with E-state index < -0.39 is 29.2 Å². The van der Waals surface area contributed by atoms with Crippen LogP contribution in [0.5, 0.6) is 17.2 Å². The number of aliphatic hydroxyl groups is 1. The zero-order chi connectivity index (χ0) is 34.1. The number of carbonyl (C=O) groups excluding carboxylic acids is 2. The maximum absolute atomic E-state index is 12.4. The van der Waals surface area contributed by atoms with Gasteiger partial charge in [-0.3, -0.25) is 15.5 Å². The number of non-ortho nitro benzene ring substituents is 1. The summed E-state index contributed by atoms with van der Waals surface area (Å²) in [4.78, 5) is 35.1. The van der Waals surface area contributed by atoms with Gasteiger partial charge in [-0.05, 0) is 70.7 Å². The minimum absolute atomic E-state index is 0.0391. The van der Waals surface area contributed by atoms with Crippen LogP contribution in [0.4, 0.5) is 10.5 Å². The highest BCUT2D eigenvalue weighted by Crippen LogP contribution is 2.36. The van der Waals surface area contributed by atoms with E-state index in [1.807, 2.05) is 0 Å². The molecule has 248 valence electrons. The minimum Gasteiger partial charge on any atom is -0.490 e. The van der Waals surface area contributed by atoms with E-state index in [0.717, 1.165) is 0 Å². The smallest absolute Gasteiger partial charge is 0.337 e. The van der Waals surface area contributed by atoms with Crippen LogP contribution in [0.25, 0.3) is 0 Å². The lowest BCUT2D eigenvalue weighted by molar-refractivity contribution is -0.384. The van der Waals surface area contributed by atoms with Crippen LogP contribution in [0.2, 0.25) is 5.02 Å². The number of ether oxygens (including phenoxy) is 4. The van der Waals surface area contributed by atoms with Crippen LogP contribution in [0.3, 0.4) is 0 Å². The van der Waals surface area contributed by atoms with Crippen molar-refractivity contribution in [2.24, 2.45) is 5.10 Å². The number of methoxy groups -OCH3 is 1. The Bertz CT molecular complexity index is 1700. The van der Waals surface area contributed by atoms with Gasteiger partial charge in [0.2, 0.25) is 0 Å². The number of allylic oxidation sites excluding steroid dienone is 1. The van der Waals surface area contributed by atoms with Crippen molar-refractivity contribution in [3.63, 3.8) is 0 Å². The topological polar surface area (TPSA) is 183 Å². The molecule has 0 fully saturated rings. The van der Waals surface area contributed by atoms with E-state index >= 15 is 0 Å². The standard InChI is InChI=1S/C31H31BrClN5O9/c1-4-45-25-13-20(28-27(30(40)44-3)17(2)35-31(41)36-28)8-9-24(25)46-16-26(39)37-34-14-19-11-22(32)29(23(33)12-19)47-15-18-6-5-7-21(10-18)38(42)43/h5-14,26,28,37,39H,4,15-16H2,1-3H3,(H2,35,36,41)/b34-14-/t26-,28-/m1/s1. The van der Waals surface area contributed by atoms with Gasteiger partial charge >= 0.3 is 12.0 Å². The number of hydrogen-bond acceptors (Lipinski definition) is 11. The number of nitrogens with zero attached hydrogens (tertiary/aromatic N) is 2. The van der Waals surface area contributed by atoms with Gasteiger partial charge in [-0.2, -0.15) is 5.10 Å². The van der Waals surface area contributed by atoms with Crippen molar-refractivity contribution in [2.45, 2.75) is 32.7 Å². The molecule has 0 aliphatic carbocycles. The van der Waals surface area contributed by atoms with E-state index in [4.69, 9.17) is 30.5 Å². The molecule has 1 aliphatic rings. The molecule has 4 N–H and O–H groups in total. The van der Waals surface area contributed by atoms with Crippen LogP contribution in [0.15, 0.2) is 75.4 Å². The number of hydrazone groups is 1. The number of nitrogens with one attached hydrogen (secondary N) is 3. The number of benzene rings is 3. The molecule has 3 aromatic carbocycles. The summed E-state index contributed by atoms with van der Waals surface area (Å²) in [6.45, 7) is 3.56. The molecule has 0 radical (unpaired) electrons. The summed E-state index contributed by atoms with van der Waals surface area (Å²) in [7, 11) is 1.26. The Morgan fingerprint density at radius 1 is 1.19 bits per heavy atom. The molecular formula is C31H31BrClN5O9. The first-order chi connectivity index (χ1) is 22.5. The fourth-order valence-electron chi connectivity index (χ4n) is 4.53. The van der Waals surface area contributed by atoms with Gasteiger partial charge in [0.15, 0.2) is 23.5 Å². The average molecular weight is 733 g/mol. The Hall–Kier alpha value is -4.86. The SMILES string of the molecule is CCOc1cc([C@H]2NC(=O)NC(C)=C2C(=O)OC)ccc1OC[C@@H](O)N/N=C\c1cc(Cl)c(OCc2cccc([N+](=O)[O-])c2)c(Br)c1. The zero-order valence-electron chi connectivity index (χ0n) is 25.4. The van der Waals surface area contributed by atoms with Crippen molar-refractivity contribution in [2.75, 3.05) is 20.3 Å². The third-order valence-corrected chi connectivity index (χ3v) is 7.50. The second-order valence-corrected chi connectivity index (χ2v) is 11.2. The van der Waals surface area contributed by atoms with Crippen molar-refractivity contribution < 1.29 is 38.6 Å². The quantitative estimate of drug-likeness (QED) is 0.0572. The molecule has 2 amide bonds. The van der Waals surface area contributed by atoms with Gasteiger partial charge in [0, 0.05) is 17.8 Å². The summed E-state index contributed by atoms with van der Waals surface area (Å²) in [5.41, 5.74) is 4.89. The van der Waals surface area contributed by atoms with Crippen LogP contribution in [-0.2, 0) is 16.1 Å². The van der Waals surface area contributed by atoms with Gasteiger partial charge in [0.05, 0.1) is 46.0 Å². The molecule has 47 heavy (non-hydrogen) atoms. The molecular weight excluding hydrogens is 702 g/mol. The summed E-state index contributed by atoms with van der Waals surface area (Å²) >= 11 is 9.83. The number of halogens is 2. The Balaban J connectivity index is 1.37. The molecule has 0 bridgehead atoms. The Labute approximate surface area is 283 Å². The first kappa shape index (κ1) is 35.0. The normalized spacial score (nSPS) is 15.0. The van der Waals surface area contributed by atoms with Gasteiger partial charge in [0.25, 0.3) is 5.69 Å². The molecule has 2 atom stereocenters. The molecule has 1 aliphatic heterocycles. The zero-order valence-corrected chi connectivity index (χ0v) is 27.8. The predicted octanol–water partition coefficient (Wildman–Crippen LogP) is 5.11. The van der Waals surface area contributed by atoms with Crippen LogP contribution in [-0.4, -0.2) is 54.8 Å². The summed E-state index contributed by atoms with van der Waals surface area (Å²) in [5, 5.41) is 31.1. The molecule has 14 nitrogen and oxygen atoms in total. The number of nitro groups is 1. The van der Waals surface area contributed by atoms with Crippen LogP contribution >= 0.6 is 27.5 Å². The fourth-order valence-corrected chi connectivity index (χ4v) is 5.52. The van der Waals surface area contributed by atoms with Gasteiger partial charge in [-0.25, -0.2) is 9.59 Å². The summed E-state index contributed by atoms with van der Waals surface area (Å²) in [5.74, 6) is 0.410. The summed E-state index contributed by atoms with van der Waals surface area (Å²) in [6.07, 6.45) is 0.226. The van der Waals surface area contributed by atoms with E-state index in [1.165, 1.54) is 25.5 Å². The highest BCUT2D eigenvalue weighted by atomic mass is 79.9. The van der Waals surface area contributed by atoms with Crippen molar-refractivity contribution in [1.29, 1.82) is 0 Å². The second kappa shape index (κ2) is 16.1. The number of aliphatic hydroxyl groups excluding tert-OH is 1. The predicted molar refractivity (Wildman–Crippen MR) is 176 cm³/mol. The minimum atomic E-state index is -1.21. The maximum atomic E-state index is 12.4. The van der Waals surface area contributed by atoms with E-state index in [1.54, 1.807) is 56.3 Å². The second-order valence-electron chi connectivity index (χ2n) is 9.94. The summed E-state index contributed by atoms with van der Waals surface area (Å²) < 4.78 is 22.7. The molecule has 16 heteroatoms. The van der Waals surface area contributed by atoms with E-state index in [0.29, 0.717) is 50.7 Å². The highest BCUT2D eigenvalue weighted by Gasteiger charge is 2.32. The van der Waals surface area contributed by atoms with Crippen molar-refractivity contribution in [3.05, 3.63) is 102 Å². The number of hydrogen-bond donors (Lipinski definition) is 4. The first-order valence-corrected chi connectivity index (χ1v) is 15.3. The monoisotopic (exact) mass is 731 g/mol. The first-order valence-electron chi connectivity index (χ1n) is 14.1. The highest BCUT2D eigenvalue weighted by molar-refractivity contribution is 9.10. The third-order valence-electron chi connectivity index (χ3n) is 6.63. The number of esters is 1. The van der Waals surface area contributed by atoms with Crippen LogP contribution in [0, 0.1) is 10.1 Å². The van der Waals surface area contributed by atoms with E-state index in [9.17, 15) is 24.8 Å². The van der Waals surface area contributed by atoms with Gasteiger partial charge in [-0.15, -0.1) is 0 Å². The summed E-state index contributed by atoms with van der Waals surface area (Å²) in [6, 6.07) is 13.1. The Morgan fingerprint density at radius 2 is 1.98 bits per heavy atom. The number of urea groups is 1. The van der Waals surface area contributed by atoms with E-state index in [2.05, 4.69) is 37.1 Å². The lowest BCUT2D eigenvalue weighted by Gasteiger charge is -2.28. The van der Waals surface area contributed by atoms with Gasteiger partial charge < -0.3 is 34.7 Å². The molecule has 0 spiro atoms. The number of nitro benzene ring substituents is 1. The molecule has 3 aromatic rings. The van der Waals surface area contributed by atoms with Gasteiger partial charge in [-0.1, -0.05) is 29.8 Å². The largest absolute Gasteiger partial charge is 0.490 e. The number of carbonyl (C=O) groups is 2. The lowest BCUT2D eigenvalue weighted by Crippen LogP contribution is -2.45. The Morgan fingerprint density at radius 3 is 2.68 bits per heavy atom. The Kier molecular flexibility index (Phi) is 12.0.